The highest BCUT2D eigenvalue weighted by molar-refractivity contribution is 6.08. The van der Waals surface area contributed by atoms with Gasteiger partial charge < -0.3 is 10.4 Å². The Morgan fingerprint density at radius 1 is 0.667 bits per heavy atom. The second kappa shape index (κ2) is 12.7. The van der Waals surface area contributed by atoms with Crippen molar-refractivity contribution in [3.63, 3.8) is 0 Å². The number of nitrogens with zero attached hydrogens (tertiary/aromatic N) is 2. The predicted molar refractivity (Wildman–Crippen MR) is 130 cm³/mol. The fraction of sp³-hybridized carbons (Fsp3) is 0.385. The van der Waals surface area contributed by atoms with E-state index in [2.05, 4.69) is 0 Å². The van der Waals surface area contributed by atoms with Gasteiger partial charge in [-0.3, -0.25) is 19.2 Å². The Morgan fingerprint density at radius 3 is 1.28 bits per heavy atom. The minimum absolute atomic E-state index is 0.355. The Morgan fingerprint density at radius 2 is 0.972 bits per heavy atom. The van der Waals surface area contributed by atoms with Gasteiger partial charge in [0, 0.05) is 11.1 Å². The molecule has 0 bridgehead atoms. The topological polar surface area (TPSA) is 155 Å². The van der Waals surface area contributed by atoms with Crippen molar-refractivity contribution in [3.05, 3.63) is 82.2 Å². The van der Waals surface area contributed by atoms with Gasteiger partial charge in [0.25, 0.3) is 0 Å². The number of rotatable bonds is 15. The largest absolute Gasteiger partial charge is 0.598 e. The van der Waals surface area contributed by atoms with Crippen molar-refractivity contribution in [2.45, 2.75) is 51.6 Å². The van der Waals surface area contributed by atoms with E-state index in [1.807, 2.05) is 0 Å². The normalized spacial score (nSPS) is 16.3. The van der Waals surface area contributed by atoms with E-state index in [-0.39, 0.29) is 0 Å². The van der Waals surface area contributed by atoms with Crippen LogP contribution >= 0.6 is 0 Å². The van der Waals surface area contributed by atoms with E-state index >= 15 is 0 Å². The summed E-state index contributed by atoms with van der Waals surface area (Å²) in [6, 6.07) is 14.0. The molecular weight excluding hydrogens is 468 g/mol. The van der Waals surface area contributed by atoms with Crippen LogP contribution in [-0.2, 0) is 9.59 Å². The van der Waals surface area contributed by atoms with E-state index in [1.165, 1.54) is 13.8 Å². The molecule has 4 unspecified atom stereocenters. The molecule has 0 aliphatic rings. The fourth-order valence-corrected chi connectivity index (χ4v) is 3.63. The number of hydrogen-bond donors (Lipinski definition) is 2. The van der Waals surface area contributed by atoms with Gasteiger partial charge in [0.2, 0.25) is 0 Å². The Hall–Kier alpha value is -3.12. The van der Waals surface area contributed by atoms with Gasteiger partial charge in [0.15, 0.2) is 24.7 Å². The first kappa shape index (κ1) is 29.1. The number of ketones is 4. The molecule has 0 saturated carbocycles. The summed E-state index contributed by atoms with van der Waals surface area (Å²) in [7, 11) is 0. The smallest absolute Gasteiger partial charge is 0.170 e. The summed E-state index contributed by atoms with van der Waals surface area (Å²) in [6.45, 7) is 1.11. The van der Waals surface area contributed by atoms with E-state index in [1.54, 1.807) is 60.7 Å². The lowest BCUT2D eigenvalue weighted by molar-refractivity contribution is -1.13. The highest BCUT2D eigenvalue weighted by atomic mass is 16.9. The lowest BCUT2D eigenvalue weighted by atomic mass is 10.0. The Kier molecular flexibility index (Phi) is 10.3. The maximum absolute atomic E-state index is 12.6. The van der Waals surface area contributed by atoms with Crippen molar-refractivity contribution in [1.82, 2.24) is 0 Å². The third kappa shape index (κ3) is 8.83. The van der Waals surface area contributed by atoms with Crippen LogP contribution < -0.4 is 0 Å². The fourth-order valence-electron chi connectivity index (χ4n) is 3.63. The molecular formula is C26H32N2O8. The first-order chi connectivity index (χ1) is 16.8. The Balaban J connectivity index is 1.84. The Labute approximate surface area is 209 Å². The molecule has 2 rings (SSSR count). The van der Waals surface area contributed by atoms with Crippen molar-refractivity contribution < 1.29 is 39.2 Å². The maximum atomic E-state index is 12.6. The molecule has 0 radical (unpaired) electrons. The molecule has 0 amide bonds. The molecule has 0 spiro atoms. The number of hydrogen-bond acceptors (Lipinski definition) is 8. The SMILES string of the molecule is CC(CC(=O)CC(=O)c1ccccc1)[N+]([O-])(O)CC[N+]([O-])(O)C(C)CC(=O)CC(=O)c1ccccc1. The van der Waals surface area contributed by atoms with E-state index in [0.29, 0.717) is 11.1 Å². The van der Waals surface area contributed by atoms with Crippen LogP contribution in [0.2, 0.25) is 0 Å². The van der Waals surface area contributed by atoms with Crippen LogP contribution in [0, 0.1) is 10.4 Å². The van der Waals surface area contributed by atoms with Crippen LogP contribution in [0.3, 0.4) is 0 Å². The minimum atomic E-state index is -1.97. The van der Waals surface area contributed by atoms with Crippen molar-refractivity contribution in [2.75, 3.05) is 13.1 Å². The molecule has 2 N–H and O–H groups in total. The van der Waals surface area contributed by atoms with Gasteiger partial charge in [-0.2, -0.15) is 0 Å². The zero-order chi connectivity index (χ0) is 26.9. The highest BCUT2D eigenvalue weighted by Gasteiger charge is 2.33. The van der Waals surface area contributed by atoms with Crippen molar-refractivity contribution in [2.24, 2.45) is 0 Å². The first-order valence-corrected chi connectivity index (χ1v) is 11.6. The van der Waals surface area contributed by atoms with Gasteiger partial charge in [-0.15, -0.1) is 0 Å². The molecule has 0 aromatic heterocycles. The molecule has 4 atom stereocenters. The second-order valence-electron chi connectivity index (χ2n) is 9.07. The van der Waals surface area contributed by atoms with E-state index < -0.39 is 83.6 Å². The molecule has 36 heavy (non-hydrogen) atoms. The molecule has 10 heteroatoms. The van der Waals surface area contributed by atoms with Gasteiger partial charge in [-0.25, -0.2) is 20.0 Å². The van der Waals surface area contributed by atoms with Crippen molar-refractivity contribution in [1.29, 1.82) is 0 Å². The number of hydroxylamine groups is 8. The summed E-state index contributed by atoms with van der Waals surface area (Å²) < 4.78 is 0. The summed E-state index contributed by atoms with van der Waals surface area (Å²) in [5, 5.41) is 45.6. The molecule has 0 heterocycles. The summed E-state index contributed by atoms with van der Waals surface area (Å²) >= 11 is 0. The zero-order valence-electron chi connectivity index (χ0n) is 20.4. The van der Waals surface area contributed by atoms with Gasteiger partial charge in [-0.1, -0.05) is 60.7 Å². The first-order valence-electron chi connectivity index (χ1n) is 11.6. The third-order valence-electron chi connectivity index (χ3n) is 6.07. The molecule has 0 fully saturated rings. The number of quaternary nitrogens is 2. The van der Waals surface area contributed by atoms with Gasteiger partial charge in [0.05, 0.1) is 25.7 Å². The quantitative estimate of drug-likeness (QED) is 0.163. The monoisotopic (exact) mass is 500 g/mol. The van der Waals surface area contributed by atoms with Crippen molar-refractivity contribution >= 4 is 23.1 Å². The third-order valence-corrected chi connectivity index (χ3v) is 6.07. The highest BCUT2D eigenvalue weighted by Crippen LogP contribution is 2.18. The standard InChI is InChI=1S/C26H32N2O8/c1-19(15-23(29)17-25(31)21-9-5-3-6-10-21)27(33,34)13-14-28(35,36)20(2)16-24(30)18-26(32)22-11-7-4-8-12-22/h3-12,19-20,33,35H,13-18H2,1-2H3. The maximum Gasteiger partial charge on any atom is 0.170 e. The van der Waals surface area contributed by atoms with Crippen LogP contribution in [0.15, 0.2) is 60.7 Å². The average molecular weight is 501 g/mol. The van der Waals surface area contributed by atoms with Crippen LogP contribution in [0.1, 0.15) is 60.2 Å². The van der Waals surface area contributed by atoms with Gasteiger partial charge >= 0.3 is 0 Å². The molecule has 0 aliphatic carbocycles. The average Bonchev–Trinajstić information content (AvgIpc) is 2.83. The zero-order valence-corrected chi connectivity index (χ0v) is 20.4. The van der Waals surface area contributed by atoms with Gasteiger partial charge in [0.1, 0.15) is 23.7 Å². The second-order valence-corrected chi connectivity index (χ2v) is 9.07. The van der Waals surface area contributed by atoms with E-state index in [9.17, 15) is 40.0 Å². The van der Waals surface area contributed by atoms with Crippen LogP contribution in [-0.4, -0.2) is 68.3 Å². The molecule has 10 nitrogen and oxygen atoms in total. The predicted octanol–water partition coefficient (Wildman–Crippen LogP) is 3.64. The summed E-state index contributed by atoms with van der Waals surface area (Å²) in [5.41, 5.74) is 0.709. The van der Waals surface area contributed by atoms with E-state index in [0.717, 1.165) is 0 Å². The molecule has 2 aromatic carbocycles. The lowest BCUT2D eigenvalue weighted by Gasteiger charge is -2.44. The molecule has 0 saturated heterocycles. The molecule has 2 aromatic rings. The van der Waals surface area contributed by atoms with Crippen LogP contribution in [0.25, 0.3) is 0 Å². The lowest BCUT2D eigenvalue weighted by Crippen LogP contribution is -2.56. The van der Waals surface area contributed by atoms with Crippen LogP contribution in [0.5, 0.6) is 0 Å². The molecule has 194 valence electrons. The summed E-state index contributed by atoms with van der Waals surface area (Å²) in [4.78, 5) is 44.9. The number of benzene rings is 2. The van der Waals surface area contributed by atoms with Crippen molar-refractivity contribution in [3.8, 4) is 0 Å². The van der Waals surface area contributed by atoms with Gasteiger partial charge in [-0.05, 0) is 13.8 Å². The Bertz CT molecular complexity index is 969. The number of carbonyl (C=O) groups excluding carboxylic acids is 4. The number of Topliss-reactive ketones (excluding diaryl/α,β-unsaturated/α-hetero) is 4. The van der Waals surface area contributed by atoms with E-state index in [4.69, 9.17) is 0 Å². The minimum Gasteiger partial charge on any atom is -0.598 e. The summed E-state index contributed by atoms with van der Waals surface area (Å²) in [6.07, 6.45) is -1.68. The number of carbonyl (C=O) groups is 4. The molecule has 0 aliphatic heterocycles. The van der Waals surface area contributed by atoms with Crippen LogP contribution in [0.4, 0.5) is 0 Å². The summed E-state index contributed by atoms with van der Waals surface area (Å²) in [5.74, 6) is -1.91.